The number of nitrogens with two attached hydrogens (primary N) is 1. The van der Waals surface area contributed by atoms with E-state index in [9.17, 15) is 14.4 Å². The van der Waals surface area contributed by atoms with Gasteiger partial charge < -0.3 is 30.9 Å². The van der Waals surface area contributed by atoms with E-state index in [1.807, 2.05) is 47.6 Å². The lowest BCUT2D eigenvalue weighted by atomic mass is 10.1. The van der Waals surface area contributed by atoms with Crippen LogP contribution in [0.4, 0.5) is 16.2 Å². The molecule has 0 aliphatic carbocycles. The van der Waals surface area contributed by atoms with E-state index in [1.165, 1.54) is 0 Å². The topological polar surface area (TPSA) is 117 Å². The number of rotatable bonds is 5. The van der Waals surface area contributed by atoms with E-state index in [0.717, 1.165) is 18.7 Å². The van der Waals surface area contributed by atoms with E-state index in [1.54, 1.807) is 17.0 Å². The molecule has 32 heavy (non-hydrogen) atoms. The van der Waals surface area contributed by atoms with Gasteiger partial charge in [0.25, 0.3) is 5.91 Å². The fourth-order valence-corrected chi connectivity index (χ4v) is 3.55. The molecular formula is C23H37N5O4. The van der Waals surface area contributed by atoms with Crippen molar-refractivity contribution >= 4 is 29.3 Å². The van der Waals surface area contributed by atoms with E-state index in [2.05, 4.69) is 15.5 Å². The Balaban J connectivity index is 2.09. The summed E-state index contributed by atoms with van der Waals surface area (Å²) in [7, 11) is 0. The quantitative estimate of drug-likeness (QED) is 0.597. The van der Waals surface area contributed by atoms with Crippen LogP contribution in [0.2, 0.25) is 0 Å². The molecule has 4 N–H and O–H groups in total. The average Bonchev–Trinajstić information content (AvgIpc) is 2.86. The van der Waals surface area contributed by atoms with E-state index in [4.69, 9.17) is 10.5 Å². The van der Waals surface area contributed by atoms with Crippen molar-refractivity contribution in [2.24, 2.45) is 0 Å². The molecule has 0 aromatic heterocycles. The van der Waals surface area contributed by atoms with Gasteiger partial charge in [-0.2, -0.15) is 0 Å². The lowest BCUT2D eigenvalue weighted by Gasteiger charge is -2.32. The minimum Gasteiger partial charge on any atom is -0.444 e. The molecule has 9 nitrogen and oxygen atoms in total. The molecular weight excluding hydrogens is 410 g/mol. The van der Waals surface area contributed by atoms with Crippen LogP contribution in [0.25, 0.3) is 0 Å². The summed E-state index contributed by atoms with van der Waals surface area (Å²) in [6.45, 7) is 13.1. The number of nitrogens with zero attached hydrogens (tertiary/aromatic N) is 2. The van der Waals surface area contributed by atoms with Crippen LogP contribution in [-0.4, -0.2) is 66.7 Å². The van der Waals surface area contributed by atoms with Gasteiger partial charge in [0.05, 0.1) is 12.1 Å². The maximum Gasteiger partial charge on any atom is 0.410 e. The molecule has 3 amide bonds. The Hall–Kier alpha value is -2.97. The molecule has 2 rings (SSSR count). The Kier molecular flexibility index (Phi) is 8.35. The van der Waals surface area contributed by atoms with Crippen molar-refractivity contribution in [3.63, 3.8) is 0 Å². The van der Waals surface area contributed by atoms with Crippen LogP contribution < -0.4 is 21.3 Å². The molecule has 1 aromatic rings. The van der Waals surface area contributed by atoms with Gasteiger partial charge in [-0.1, -0.05) is 0 Å². The van der Waals surface area contributed by atoms with Crippen LogP contribution in [-0.2, 0) is 9.53 Å². The molecule has 1 aliphatic heterocycles. The van der Waals surface area contributed by atoms with Gasteiger partial charge >= 0.3 is 6.09 Å². The second-order valence-electron chi connectivity index (χ2n) is 9.50. The molecule has 178 valence electrons. The first-order valence-corrected chi connectivity index (χ1v) is 11.1. The zero-order chi connectivity index (χ0) is 24.1. The average molecular weight is 448 g/mol. The van der Waals surface area contributed by atoms with E-state index in [-0.39, 0.29) is 30.6 Å². The van der Waals surface area contributed by atoms with Gasteiger partial charge in [0.1, 0.15) is 5.60 Å². The molecule has 0 saturated carbocycles. The van der Waals surface area contributed by atoms with Crippen LogP contribution in [0.5, 0.6) is 0 Å². The van der Waals surface area contributed by atoms with Crippen LogP contribution in [0.1, 0.15) is 58.3 Å². The summed E-state index contributed by atoms with van der Waals surface area (Å²) in [4.78, 5) is 40.9. The molecule has 0 bridgehead atoms. The number of benzene rings is 1. The number of carbonyl (C=O) groups is 3. The molecule has 0 radical (unpaired) electrons. The second-order valence-corrected chi connectivity index (χ2v) is 9.50. The summed E-state index contributed by atoms with van der Waals surface area (Å²) >= 11 is 0. The van der Waals surface area contributed by atoms with E-state index in [0.29, 0.717) is 24.3 Å². The van der Waals surface area contributed by atoms with Crippen molar-refractivity contribution in [3.05, 3.63) is 23.8 Å². The Morgan fingerprint density at radius 3 is 2.53 bits per heavy atom. The minimum atomic E-state index is -0.548. The Bertz CT molecular complexity index is 834. The third-order valence-corrected chi connectivity index (χ3v) is 4.98. The normalized spacial score (nSPS) is 17.0. The molecule has 1 atom stereocenters. The fraction of sp³-hybridized carbons (Fsp3) is 0.609. The number of ether oxygens (including phenoxy) is 1. The maximum absolute atomic E-state index is 12.6. The number of nitrogen functional groups attached to an aromatic ring is 1. The third kappa shape index (κ3) is 7.32. The maximum atomic E-state index is 12.6. The van der Waals surface area contributed by atoms with Crippen LogP contribution in [0.15, 0.2) is 18.2 Å². The first-order chi connectivity index (χ1) is 14.9. The summed E-state index contributed by atoms with van der Waals surface area (Å²) in [5, 5.41) is 5.35. The standard InChI is InChI=1S/C23H37N5O4/c1-15(2)26-20(29)13-25-21(30)18-12-17(8-9-19(18)24)27-10-7-11-28(16(3)14-27)22(31)32-23(4,5)6/h8-9,12,15-16H,7,10-11,13-14,24H2,1-6H3,(H,25,30)(H,26,29). The van der Waals surface area contributed by atoms with Gasteiger partial charge in [0, 0.05) is 43.1 Å². The molecule has 1 saturated heterocycles. The number of hydrogen-bond donors (Lipinski definition) is 3. The minimum absolute atomic E-state index is 0.00179. The number of amides is 3. The third-order valence-electron chi connectivity index (χ3n) is 4.98. The SMILES string of the molecule is CC(C)NC(=O)CNC(=O)c1cc(N2CCCN(C(=O)OC(C)(C)C)C(C)C2)ccc1N. The Morgan fingerprint density at radius 2 is 1.91 bits per heavy atom. The lowest BCUT2D eigenvalue weighted by Crippen LogP contribution is -2.45. The summed E-state index contributed by atoms with van der Waals surface area (Å²) in [5.74, 6) is -0.659. The summed E-state index contributed by atoms with van der Waals surface area (Å²) in [5.41, 5.74) is 6.99. The highest BCUT2D eigenvalue weighted by Gasteiger charge is 2.29. The van der Waals surface area contributed by atoms with Crippen molar-refractivity contribution in [1.29, 1.82) is 0 Å². The molecule has 1 fully saturated rings. The lowest BCUT2D eigenvalue weighted by molar-refractivity contribution is -0.120. The molecule has 1 aromatic carbocycles. The van der Waals surface area contributed by atoms with Crippen molar-refractivity contribution in [3.8, 4) is 0 Å². The highest BCUT2D eigenvalue weighted by molar-refractivity contribution is 6.01. The van der Waals surface area contributed by atoms with E-state index >= 15 is 0 Å². The second kappa shape index (κ2) is 10.6. The smallest absolute Gasteiger partial charge is 0.410 e. The van der Waals surface area contributed by atoms with Crippen molar-refractivity contribution in [1.82, 2.24) is 15.5 Å². The van der Waals surface area contributed by atoms with Gasteiger partial charge in [-0.3, -0.25) is 9.59 Å². The molecule has 1 heterocycles. The zero-order valence-electron chi connectivity index (χ0n) is 20.0. The summed E-state index contributed by atoms with van der Waals surface area (Å²) in [6, 6.07) is 5.23. The molecule has 1 aliphatic rings. The largest absolute Gasteiger partial charge is 0.444 e. The van der Waals surface area contributed by atoms with Crippen LogP contribution in [0.3, 0.4) is 0 Å². The van der Waals surface area contributed by atoms with Gasteiger partial charge in [0.2, 0.25) is 5.91 Å². The van der Waals surface area contributed by atoms with E-state index < -0.39 is 11.5 Å². The summed E-state index contributed by atoms with van der Waals surface area (Å²) < 4.78 is 5.55. The first-order valence-electron chi connectivity index (χ1n) is 11.1. The number of hydrogen-bond acceptors (Lipinski definition) is 6. The van der Waals surface area contributed by atoms with Crippen LogP contribution in [0, 0.1) is 0 Å². The first kappa shape index (κ1) is 25.3. The highest BCUT2D eigenvalue weighted by Crippen LogP contribution is 2.24. The van der Waals surface area contributed by atoms with Crippen molar-refractivity contribution in [2.75, 3.05) is 36.8 Å². The predicted octanol–water partition coefficient (Wildman–Crippen LogP) is 2.36. The number of anilines is 2. The monoisotopic (exact) mass is 447 g/mol. The van der Waals surface area contributed by atoms with Gasteiger partial charge in [-0.05, 0) is 66.2 Å². The molecule has 0 spiro atoms. The van der Waals surface area contributed by atoms with Gasteiger partial charge in [0.15, 0.2) is 0 Å². The van der Waals surface area contributed by atoms with Gasteiger partial charge in [-0.25, -0.2) is 4.79 Å². The predicted molar refractivity (Wildman–Crippen MR) is 126 cm³/mol. The zero-order valence-corrected chi connectivity index (χ0v) is 20.0. The van der Waals surface area contributed by atoms with Crippen LogP contribution >= 0.6 is 0 Å². The highest BCUT2D eigenvalue weighted by atomic mass is 16.6. The molecule has 1 unspecified atom stereocenters. The van der Waals surface area contributed by atoms with Crippen molar-refractivity contribution < 1.29 is 19.1 Å². The Labute approximate surface area is 190 Å². The number of nitrogens with one attached hydrogen (secondary N) is 2. The number of carbonyl (C=O) groups excluding carboxylic acids is 3. The fourth-order valence-electron chi connectivity index (χ4n) is 3.55. The van der Waals surface area contributed by atoms with Gasteiger partial charge in [-0.15, -0.1) is 0 Å². The van der Waals surface area contributed by atoms with Crippen molar-refractivity contribution in [2.45, 2.75) is 65.6 Å². The Morgan fingerprint density at radius 1 is 1.22 bits per heavy atom. The molecule has 9 heteroatoms. The summed E-state index contributed by atoms with van der Waals surface area (Å²) in [6.07, 6.45) is 0.453.